The molecule has 0 aromatic carbocycles. The number of carbonyl (C=O) groups is 2. The highest BCUT2D eigenvalue weighted by Crippen LogP contribution is 2.31. The van der Waals surface area contributed by atoms with Gasteiger partial charge in [-0.2, -0.15) is 0 Å². The Kier molecular flexibility index (Phi) is 6.28. The number of nitrogens with zero attached hydrogens (tertiary/aromatic N) is 2. The topological polar surface area (TPSA) is 75.9 Å². The minimum atomic E-state index is -0.677. The molecule has 2 saturated heterocycles. The van der Waals surface area contributed by atoms with Crippen molar-refractivity contribution in [3.05, 3.63) is 0 Å². The summed E-state index contributed by atoms with van der Waals surface area (Å²) in [5.74, 6) is 0.170. The van der Waals surface area contributed by atoms with Gasteiger partial charge in [-0.3, -0.25) is 9.59 Å². The average Bonchev–Trinajstić information content (AvgIpc) is 3.02. The molecule has 132 valence electrons. The van der Waals surface area contributed by atoms with Gasteiger partial charge in [0.25, 0.3) is 0 Å². The molecule has 1 unspecified atom stereocenters. The molecule has 3 rings (SSSR count). The smallest absolute Gasteiger partial charge is 0.242 e. The molecule has 2 amide bonds. The van der Waals surface area contributed by atoms with Crippen LogP contribution in [-0.4, -0.2) is 66.5 Å². The number of likely N-dealkylation sites (tertiary alicyclic amines) is 1. The summed E-state index contributed by atoms with van der Waals surface area (Å²) in [6, 6.07) is 0. The maximum atomic E-state index is 12.7. The van der Waals surface area contributed by atoms with Crippen LogP contribution in [0, 0.1) is 5.92 Å². The predicted molar refractivity (Wildman–Crippen MR) is 89.3 cm³/mol. The molecule has 1 saturated carbocycles. The lowest BCUT2D eigenvalue weighted by molar-refractivity contribution is -0.145. The van der Waals surface area contributed by atoms with E-state index in [1.54, 1.807) is 0 Å². The highest BCUT2D eigenvalue weighted by atomic mass is 35.5. The van der Waals surface area contributed by atoms with E-state index in [9.17, 15) is 9.59 Å². The van der Waals surface area contributed by atoms with Gasteiger partial charge in [0.2, 0.25) is 11.8 Å². The maximum Gasteiger partial charge on any atom is 0.242 e. The molecule has 2 heterocycles. The van der Waals surface area contributed by atoms with Gasteiger partial charge in [0.15, 0.2) is 0 Å². The number of piperidine rings is 1. The fourth-order valence-electron chi connectivity index (χ4n) is 3.94. The summed E-state index contributed by atoms with van der Waals surface area (Å²) in [6.07, 6.45) is 5.40. The molecule has 6 nitrogen and oxygen atoms in total. The first-order chi connectivity index (χ1) is 10.6. The largest absolute Gasteiger partial charge is 0.378 e. The molecule has 0 radical (unpaired) electrons. The summed E-state index contributed by atoms with van der Waals surface area (Å²) in [4.78, 5) is 29.1. The molecule has 0 bridgehead atoms. The molecule has 2 aliphatic heterocycles. The van der Waals surface area contributed by atoms with Gasteiger partial charge in [0, 0.05) is 26.2 Å². The van der Waals surface area contributed by atoms with Crippen molar-refractivity contribution in [1.29, 1.82) is 0 Å². The number of amides is 2. The summed E-state index contributed by atoms with van der Waals surface area (Å²) < 4.78 is 5.30. The fourth-order valence-corrected chi connectivity index (χ4v) is 3.94. The third-order valence-corrected chi connectivity index (χ3v) is 5.30. The molecular formula is C16H28ClN3O3. The van der Waals surface area contributed by atoms with Crippen LogP contribution in [-0.2, 0) is 14.3 Å². The number of hydrogen-bond donors (Lipinski definition) is 1. The van der Waals surface area contributed by atoms with Crippen LogP contribution >= 0.6 is 12.4 Å². The Labute approximate surface area is 144 Å². The van der Waals surface area contributed by atoms with Crippen LogP contribution in [0.1, 0.15) is 38.5 Å². The van der Waals surface area contributed by atoms with E-state index in [0.717, 1.165) is 45.1 Å². The van der Waals surface area contributed by atoms with Crippen molar-refractivity contribution in [1.82, 2.24) is 9.80 Å². The zero-order valence-electron chi connectivity index (χ0n) is 13.7. The minimum absolute atomic E-state index is 0. The number of hydrogen-bond acceptors (Lipinski definition) is 4. The average molecular weight is 346 g/mol. The summed E-state index contributed by atoms with van der Waals surface area (Å²) in [6.45, 7) is 3.85. The van der Waals surface area contributed by atoms with Crippen LogP contribution in [0.4, 0.5) is 0 Å². The lowest BCUT2D eigenvalue weighted by Gasteiger charge is -2.39. The van der Waals surface area contributed by atoms with Crippen molar-refractivity contribution in [2.24, 2.45) is 11.7 Å². The summed E-state index contributed by atoms with van der Waals surface area (Å²) in [5, 5.41) is 0. The SMILES string of the molecule is Cl.NC1(C(=O)N2CCCC(C(=O)N3CCOCC3)C2)CCCC1. The molecule has 7 heteroatoms. The predicted octanol–water partition coefficient (Wildman–Crippen LogP) is 0.777. The Balaban J connectivity index is 0.00000192. The van der Waals surface area contributed by atoms with Crippen LogP contribution in [0.25, 0.3) is 0 Å². The monoisotopic (exact) mass is 345 g/mol. The summed E-state index contributed by atoms with van der Waals surface area (Å²) >= 11 is 0. The summed E-state index contributed by atoms with van der Waals surface area (Å²) in [7, 11) is 0. The van der Waals surface area contributed by atoms with Gasteiger partial charge in [-0.05, 0) is 25.7 Å². The van der Waals surface area contributed by atoms with E-state index in [0.29, 0.717) is 32.8 Å². The van der Waals surface area contributed by atoms with Gasteiger partial charge >= 0.3 is 0 Å². The molecule has 0 aromatic heterocycles. The van der Waals surface area contributed by atoms with Gasteiger partial charge in [-0.25, -0.2) is 0 Å². The van der Waals surface area contributed by atoms with Crippen molar-refractivity contribution in [3.63, 3.8) is 0 Å². The second-order valence-corrected chi connectivity index (χ2v) is 6.89. The summed E-state index contributed by atoms with van der Waals surface area (Å²) in [5.41, 5.74) is 5.62. The van der Waals surface area contributed by atoms with Crippen LogP contribution < -0.4 is 5.73 Å². The maximum absolute atomic E-state index is 12.7. The number of rotatable bonds is 2. The Hall–Kier alpha value is -0.850. The molecule has 1 atom stereocenters. The molecule has 0 spiro atoms. The first-order valence-electron chi connectivity index (χ1n) is 8.55. The Morgan fingerprint density at radius 1 is 1.00 bits per heavy atom. The Morgan fingerprint density at radius 2 is 1.65 bits per heavy atom. The van der Waals surface area contributed by atoms with Crippen molar-refractivity contribution >= 4 is 24.2 Å². The molecule has 3 fully saturated rings. The van der Waals surface area contributed by atoms with Crippen LogP contribution in [0.5, 0.6) is 0 Å². The highest BCUT2D eigenvalue weighted by Gasteiger charge is 2.42. The number of carbonyl (C=O) groups excluding carboxylic acids is 2. The first-order valence-corrected chi connectivity index (χ1v) is 8.55. The third-order valence-electron chi connectivity index (χ3n) is 5.30. The number of halogens is 1. The molecule has 23 heavy (non-hydrogen) atoms. The molecular weight excluding hydrogens is 318 g/mol. The van der Waals surface area contributed by atoms with Crippen molar-refractivity contribution in [3.8, 4) is 0 Å². The fraction of sp³-hybridized carbons (Fsp3) is 0.875. The van der Waals surface area contributed by atoms with Crippen molar-refractivity contribution < 1.29 is 14.3 Å². The van der Waals surface area contributed by atoms with Crippen LogP contribution in [0.3, 0.4) is 0 Å². The van der Waals surface area contributed by atoms with E-state index in [1.165, 1.54) is 0 Å². The van der Waals surface area contributed by atoms with Gasteiger partial charge in [0.1, 0.15) is 0 Å². The molecule has 1 aliphatic carbocycles. The second-order valence-electron chi connectivity index (χ2n) is 6.89. The third kappa shape index (κ3) is 3.98. The van der Waals surface area contributed by atoms with E-state index in [4.69, 9.17) is 10.5 Å². The van der Waals surface area contributed by atoms with Gasteiger partial charge in [-0.15, -0.1) is 12.4 Å². The van der Waals surface area contributed by atoms with E-state index >= 15 is 0 Å². The standard InChI is InChI=1S/C16H27N3O3.ClH/c17-16(5-1-2-6-16)15(21)19-7-3-4-13(12-19)14(20)18-8-10-22-11-9-18;/h13H,1-12,17H2;1H. The zero-order chi connectivity index (χ0) is 15.6. The number of ether oxygens (including phenoxy) is 1. The van der Waals surface area contributed by atoms with Crippen molar-refractivity contribution in [2.75, 3.05) is 39.4 Å². The zero-order valence-corrected chi connectivity index (χ0v) is 14.5. The number of nitrogens with two attached hydrogens (primary N) is 1. The lowest BCUT2D eigenvalue weighted by atomic mass is 9.92. The highest BCUT2D eigenvalue weighted by molar-refractivity contribution is 5.87. The van der Waals surface area contributed by atoms with E-state index in [-0.39, 0.29) is 30.1 Å². The molecule has 2 N–H and O–H groups in total. The van der Waals surface area contributed by atoms with E-state index in [2.05, 4.69) is 0 Å². The number of morpholine rings is 1. The normalized spacial score (nSPS) is 27.4. The first kappa shape index (κ1) is 18.5. The van der Waals surface area contributed by atoms with Gasteiger partial charge in [0.05, 0.1) is 24.7 Å². The Morgan fingerprint density at radius 3 is 2.30 bits per heavy atom. The van der Waals surface area contributed by atoms with Gasteiger partial charge < -0.3 is 20.3 Å². The Bertz CT molecular complexity index is 434. The van der Waals surface area contributed by atoms with Gasteiger partial charge in [-0.1, -0.05) is 12.8 Å². The van der Waals surface area contributed by atoms with Crippen LogP contribution in [0.15, 0.2) is 0 Å². The molecule has 3 aliphatic rings. The second kappa shape index (κ2) is 7.81. The van der Waals surface area contributed by atoms with Crippen LogP contribution in [0.2, 0.25) is 0 Å². The minimum Gasteiger partial charge on any atom is -0.378 e. The molecule has 0 aromatic rings. The quantitative estimate of drug-likeness (QED) is 0.802. The lowest BCUT2D eigenvalue weighted by Crippen LogP contribution is -2.57. The van der Waals surface area contributed by atoms with E-state index < -0.39 is 5.54 Å². The van der Waals surface area contributed by atoms with Crippen molar-refractivity contribution in [2.45, 2.75) is 44.1 Å². The van der Waals surface area contributed by atoms with E-state index in [1.807, 2.05) is 9.80 Å².